The van der Waals surface area contributed by atoms with E-state index in [1.165, 1.54) is 0 Å². The number of nitrogen functional groups attached to an aromatic ring is 1. The Kier molecular flexibility index (Phi) is 9.38. The fourth-order valence-electron chi connectivity index (χ4n) is 4.27. The maximum absolute atomic E-state index is 12.8. The minimum absolute atomic E-state index is 0.0281. The van der Waals surface area contributed by atoms with Crippen molar-refractivity contribution in [1.82, 2.24) is 19.5 Å². The Bertz CT molecular complexity index is 1330. The molecule has 0 saturated carbocycles. The van der Waals surface area contributed by atoms with Gasteiger partial charge in [0.2, 0.25) is 5.95 Å². The summed E-state index contributed by atoms with van der Waals surface area (Å²) in [6.45, 7) is 35.8. The molecule has 1 fully saturated rings. The van der Waals surface area contributed by atoms with E-state index in [0.29, 0.717) is 18.1 Å². The van der Waals surface area contributed by atoms with E-state index in [1.54, 1.807) is 0 Å². The first-order valence-electron chi connectivity index (χ1n) is 15.1. The van der Waals surface area contributed by atoms with E-state index in [0.717, 1.165) is 0 Å². The normalized spacial score (nSPS) is 23.2. The molecule has 10 nitrogen and oxygen atoms in total. The van der Waals surface area contributed by atoms with Gasteiger partial charge in [-0.1, -0.05) is 62.3 Å². The van der Waals surface area contributed by atoms with Crippen LogP contribution in [0.3, 0.4) is 0 Å². The topological polar surface area (TPSA) is 127 Å². The second-order valence-electron chi connectivity index (χ2n) is 16.5. The highest BCUT2D eigenvalue weighted by molar-refractivity contribution is 6.75. The van der Waals surface area contributed by atoms with Gasteiger partial charge in [0, 0.05) is 0 Å². The van der Waals surface area contributed by atoms with Crippen LogP contribution in [0, 0.1) is 6.92 Å². The van der Waals surface area contributed by atoms with Crippen LogP contribution in [0.4, 0.5) is 5.95 Å². The summed E-state index contributed by atoms with van der Waals surface area (Å²) in [6.07, 6.45) is -1.91. The Morgan fingerprint density at radius 2 is 1.31 bits per heavy atom. The van der Waals surface area contributed by atoms with Crippen LogP contribution in [-0.2, 0) is 18.0 Å². The first-order chi connectivity index (χ1) is 18.7. The zero-order valence-electron chi connectivity index (χ0n) is 29.0. The van der Waals surface area contributed by atoms with Crippen LogP contribution in [-0.4, -0.2) is 69.4 Å². The summed E-state index contributed by atoms with van der Waals surface area (Å²) >= 11 is 0. The Balaban J connectivity index is 2.23. The fraction of sp³-hybridized carbons (Fsp3) is 0.828. The molecule has 0 radical (unpaired) electrons. The van der Waals surface area contributed by atoms with Gasteiger partial charge in [0.25, 0.3) is 5.56 Å². The highest BCUT2D eigenvalue weighted by Crippen LogP contribution is 2.47. The van der Waals surface area contributed by atoms with Gasteiger partial charge in [-0.05, 0) is 61.3 Å². The summed E-state index contributed by atoms with van der Waals surface area (Å²) in [5.74, 6) is 0.625. The van der Waals surface area contributed by atoms with Crippen molar-refractivity contribution in [2.75, 3.05) is 12.3 Å². The lowest BCUT2D eigenvalue weighted by molar-refractivity contribution is -0.0478. The SMILES string of the molecule is Cc1nc2c(=O)[nH]c(N)nc2n1[C@@H]1O[C@H](CO[Si](C)(C)C(C)(C)C)[C@@H](O[Si](C)(C)C(C)(C)C)[C@H]1O[Si](C)(C)C(C)(C)C. The molecule has 4 atom stereocenters. The Morgan fingerprint density at radius 1 is 0.833 bits per heavy atom. The lowest BCUT2D eigenvalue weighted by atomic mass is 10.1. The molecule has 3 rings (SSSR count). The number of rotatable bonds is 8. The van der Waals surface area contributed by atoms with Crippen LogP contribution >= 0.6 is 0 Å². The van der Waals surface area contributed by atoms with Gasteiger partial charge in [0.15, 0.2) is 42.3 Å². The van der Waals surface area contributed by atoms with E-state index in [4.69, 9.17) is 23.7 Å². The third-order valence-corrected chi connectivity index (χ3v) is 23.6. The summed E-state index contributed by atoms with van der Waals surface area (Å²) in [5.41, 5.74) is 6.22. The number of H-pyrrole nitrogens is 1. The van der Waals surface area contributed by atoms with E-state index >= 15 is 0 Å². The minimum Gasteiger partial charge on any atom is -0.414 e. The molecule has 42 heavy (non-hydrogen) atoms. The van der Waals surface area contributed by atoms with Crippen molar-refractivity contribution in [3.63, 3.8) is 0 Å². The molecule has 0 bridgehead atoms. The molecule has 0 unspecified atom stereocenters. The molecule has 240 valence electrons. The summed E-state index contributed by atoms with van der Waals surface area (Å²) in [7, 11) is -6.73. The third kappa shape index (κ3) is 6.81. The molecule has 2 aromatic rings. The Hall–Kier alpha value is -1.36. The maximum Gasteiger partial charge on any atom is 0.280 e. The van der Waals surface area contributed by atoms with Gasteiger partial charge in [-0.25, -0.2) is 4.98 Å². The number of hydrogen-bond donors (Lipinski definition) is 2. The standard InChI is InChI=1S/C29H57N5O5Si3/c1-18-31-20-23(32-26(30)33-24(20)35)34(18)25-22(39-42(15,16)29(8,9)10)21(38-41(13,14)28(5,6)7)19(37-25)17-36-40(11,12)27(2,3)4/h19,21-22,25H,17H2,1-16H3,(H3,30,32,33,35)/t19-,21-,22-,25-/m1/s1. The van der Waals surface area contributed by atoms with Gasteiger partial charge in [-0.2, -0.15) is 4.98 Å². The molecule has 3 heterocycles. The number of aryl methyl sites for hydroxylation is 1. The summed E-state index contributed by atoms with van der Waals surface area (Å²) < 4.78 is 30.0. The van der Waals surface area contributed by atoms with Gasteiger partial charge in [-0.15, -0.1) is 0 Å². The molecule has 0 aromatic carbocycles. The van der Waals surface area contributed by atoms with E-state index in [-0.39, 0.29) is 32.1 Å². The second-order valence-corrected chi connectivity index (χ2v) is 30.8. The smallest absolute Gasteiger partial charge is 0.280 e. The van der Waals surface area contributed by atoms with Gasteiger partial charge in [-0.3, -0.25) is 14.3 Å². The van der Waals surface area contributed by atoms with Crippen molar-refractivity contribution in [3.05, 3.63) is 16.2 Å². The van der Waals surface area contributed by atoms with E-state index in [1.807, 2.05) is 11.5 Å². The number of nitrogens with one attached hydrogen (secondary N) is 1. The molecule has 0 spiro atoms. The molecule has 3 N–H and O–H groups in total. The Morgan fingerprint density at radius 3 is 1.79 bits per heavy atom. The first-order valence-corrected chi connectivity index (χ1v) is 23.8. The third-order valence-electron chi connectivity index (χ3n) is 10.2. The molecular weight excluding hydrogens is 583 g/mol. The van der Waals surface area contributed by atoms with Gasteiger partial charge >= 0.3 is 0 Å². The molecule has 1 saturated heterocycles. The van der Waals surface area contributed by atoms with Crippen molar-refractivity contribution in [3.8, 4) is 0 Å². The molecule has 13 heteroatoms. The number of anilines is 1. The van der Waals surface area contributed by atoms with E-state index in [9.17, 15) is 4.79 Å². The molecule has 0 aliphatic carbocycles. The molecular formula is C29H57N5O5Si3. The average Bonchev–Trinajstić information content (AvgIpc) is 3.26. The number of aromatic amines is 1. The highest BCUT2D eigenvalue weighted by atomic mass is 28.4. The summed E-state index contributed by atoms with van der Waals surface area (Å²) in [6, 6.07) is 0. The lowest BCUT2D eigenvalue weighted by Gasteiger charge is -2.44. The monoisotopic (exact) mass is 639 g/mol. The first kappa shape index (κ1) is 35.1. The average molecular weight is 640 g/mol. The van der Waals surface area contributed by atoms with Crippen LogP contribution in [0.25, 0.3) is 11.2 Å². The van der Waals surface area contributed by atoms with Gasteiger partial charge in [0.1, 0.15) is 24.1 Å². The van der Waals surface area contributed by atoms with Crippen molar-refractivity contribution in [2.45, 2.75) is 148 Å². The highest BCUT2D eigenvalue weighted by Gasteiger charge is 2.55. The summed E-state index contributed by atoms with van der Waals surface area (Å²) in [4.78, 5) is 24.5. The molecule has 1 aliphatic rings. The number of imidazole rings is 1. The Labute approximate surface area is 255 Å². The largest absolute Gasteiger partial charge is 0.414 e. The number of ether oxygens (including phenoxy) is 1. The number of fused-ring (bicyclic) bond motifs is 1. The van der Waals surface area contributed by atoms with Crippen LogP contribution in [0.1, 0.15) is 74.4 Å². The molecule has 1 aliphatic heterocycles. The van der Waals surface area contributed by atoms with Gasteiger partial charge in [0.05, 0.1) is 6.61 Å². The number of nitrogens with zero attached hydrogens (tertiary/aromatic N) is 3. The summed E-state index contributed by atoms with van der Waals surface area (Å²) in [5, 5.41) is -0.0452. The van der Waals surface area contributed by atoms with Crippen LogP contribution in [0.2, 0.25) is 54.4 Å². The molecule has 2 aromatic heterocycles. The van der Waals surface area contributed by atoms with Crippen LogP contribution in [0.5, 0.6) is 0 Å². The van der Waals surface area contributed by atoms with E-state index < -0.39 is 49.5 Å². The lowest BCUT2D eigenvalue weighted by Crippen LogP contribution is -2.54. The number of aromatic nitrogens is 4. The number of hydrogen-bond acceptors (Lipinski definition) is 8. The van der Waals surface area contributed by atoms with Crippen molar-refractivity contribution in [2.24, 2.45) is 0 Å². The maximum atomic E-state index is 12.8. The predicted molar refractivity (Wildman–Crippen MR) is 178 cm³/mol. The zero-order chi connectivity index (χ0) is 32.4. The molecule has 0 amide bonds. The van der Waals surface area contributed by atoms with Crippen molar-refractivity contribution in [1.29, 1.82) is 0 Å². The van der Waals surface area contributed by atoms with E-state index in [2.05, 4.69) is 117 Å². The van der Waals surface area contributed by atoms with Crippen molar-refractivity contribution >= 4 is 42.1 Å². The second kappa shape index (κ2) is 11.2. The number of nitrogens with two attached hydrogens (primary N) is 1. The quantitative estimate of drug-likeness (QED) is 0.305. The van der Waals surface area contributed by atoms with Crippen molar-refractivity contribution < 1.29 is 18.0 Å². The zero-order valence-corrected chi connectivity index (χ0v) is 32.0. The predicted octanol–water partition coefficient (Wildman–Crippen LogP) is 6.71. The minimum atomic E-state index is -2.34. The fourth-order valence-corrected chi connectivity index (χ4v) is 7.89. The van der Waals surface area contributed by atoms with Crippen LogP contribution < -0.4 is 11.3 Å². The van der Waals surface area contributed by atoms with Gasteiger partial charge < -0.3 is 23.7 Å². The van der Waals surface area contributed by atoms with Crippen LogP contribution in [0.15, 0.2) is 4.79 Å².